The first-order valence-corrected chi connectivity index (χ1v) is 2.83. The number of nitrogens with zero attached hydrogens (tertiary/aromatic N) is 2. The Hall–Kier alpha value is -1.23. The Kier molecular flexibility index (Phi) is 1.92. The third kappa shape index (κ3) is 1.61. The highest BCUT2D eigenvalue weighted by Crippen LogP contribution is 1.89. The maximum absolute atomic E-state index is 8.19. The lowest BCUT2D eigenvalue weighted by atomic mass is 10.5. The molecular weight excluding hydrogens is 112 g/mol. The van der Waals surface area contributed by atoms with E-state index in [4.69, 9.17) is 5.26 Å². The smallest absolute Gasteiger partial charge is 0.0648 e. The number of aryl methyl sites for hydroxylation is 1. The fourth-order valence-corrected chi connectivity index (χ4v) is 0.638. The number of rotatable bonds is 2. The highest BCUT2D eigenvalue weighted by atomic mass is 14.9. The van der Waals surface area contributed by atoms with Crippen LogP contribution >= 0.6 is 0 Å². The second kappa shape index (κ2) is 2.93. The maximum atomic E-state index is 8.19. The molecule has 0 aliphatic rings. The summed E-state index contributed by atoms with van der Waals surface area (Å²) in [5.41, 5.74) is 0. The highest BCUT2D eigenvalue weighted by Gasteiger charge is 1.85. The van der Waals surface area contributed by atoms with E-state index in [1.807, 2.05) is 22.9 Å². The van der Waals surface area contributed by atoms with Crippen molar-refractivity contribution in [3.63, 3.8) is 0 Å². The average molecular weight is 119 g/mol. The van der Waals surface area contributed by atoms with E-state index in [-0.39, 0.29) is 0 Å². The third-order valence-electron chi connectivity index (χ3n) is 1.07. The molecule has 0 bridgehead atoms. The van der Waals surface area contributed by atoms with Gasteiger partial charge in [0.25, 0.3) is 0 Å². The van der Waals surface area contributed by atoms with Crippen LogP contribution in [-0.4, -0.2) is 4.57 Å². The van der Waals surface area contributed by atoms with Crippen LogP contribution in [0.3, 0.4) is 0 Å². The lowest BCUT2D eigenvalue weighted by Gasteiger charge is -1.92. The summed E-state index contributed by atoms with van der Waals surface area (Å²) in [4.78, 5) is 0. The highest BCUT2D eigenvalue weighted by molar-refractivity contribution is 4.89. The summed E-state index contributed by atoms with van der Waals surface area (Å²) in [7, 11) is 0. The largest absolute Gasteiger partial charge is 0.345 e. The van der Waals surface area contributed by atoms with Gasteiger partial charge in [-0.3, -0.25) is 0 Å². The summed E-state index contributed by atoms with van der Waals surface area (Å²) >= 11 is 0. The van der Waals surface area contributed by atoms with E-state index in [9.17, 15) is 0 Å². The normalized spacial score (nSPS) is 8.78. The standard InChI is InChI=1S/C7H7N2/c8-4-3-7-9-5-1-2-6-9/h1-2,5H,3,7H2. The van der Waals surface area contributed by atoms with Gasteiger partial charge in [0.05, 0.1) is 18.7 Å². The van der Waals surface area contributed by atoms with Crippen LogP contribution in [0.25, 0.3) is 0 Å². The monoisotopic (exact) mass is 119 g/mol. The van der Waals surface area contributed by atoms with Gasteiger partial charge in [-0.05, 0) is 12.1 Å². The van der Waals surface area contributed by atoms with Crippen molar-refractivity contribution in [2.24, 2.45) is 0 Å². The zero-order chi connectivity index (χ0) is 6.53. The molecule has 0 fully saturated rings. The van der Waals surface area contributed by atoms with Crippen molar-refractivity contribution in [3.05, 3.63) is 24.5 Å². The molecule has 1 aromatic rings. The minimum Gasteiger partial charge on any atom is -0.345 e. The van der Waals surface area contributed by atoms with Crippen molar-refractivity contribution in [2.75, 3.05) is 0 Å². The summed E-state index contributed by atoms with van der Waals surface area (Å²) in [6.07, 6.45) is 5.40. The summed E-state index contributed by atoms with van der Waals surface area (Å²) in [6, 6.07) is 5.80. The van der Waals surface area contributed by atoms with Gasteiger partial charge in [-0.2, -0.15) is 5.26 Å². The molecule has 1 rings (SSSR count). The Labute approximate surface area is 54.3 Å². The van der Waals surface area contributed by atoms with Crippen molar-refractivity contribution in [3.8, 4) is 6.07 Å². The number of hydrogen-bond donors (Lipinski definition) is 0. The van der Waals surface area contributed by atoms with Gasteiger partial charge in [0.1, 0.15) is 0 Å². The van der Waals surface area contributed by atoms with Crippen molar-refractivity contribution in [1.82, 2.24) is 4.57 Å². The van der Waals surface area contributed by atoms with Crippen molar-refractivity contribution < 1.29 is 0 Å². The van der Waals surface area contributed by atoms with Gasteiger partial charge in [0, 0.05) is 12.7 Å². The topological polar surface area (TPSA) is 28.7 Å². The quantitative estimate of drug-likeness (QED) is 0.575. The lowest BCUT2D eigenvalue weighted by Crippen LogP contribution is -1.91. The Balaban J connectivity index is 2.41. The summed E-state index contributed by atoms with van der Waals surface area (Å²) < 4.78 is 1.86. The molecule has 0 saturated heterocycles. The Morgan fingerprint density at radius 1 is 1.67 bits per heavy atom. The second-order valence-corrected chi connectivity index (χ2v) is 1.74. The molecule has 0 aromatic carbocycles. The van der Waals surface area contributed by atoms with E-state index in [1.165, 1.54) is 0 Å². The number of hydrogen-bond acceptors (Lipinski definition) is 1. The maximum Gasteiger partial charge on any atom is 0.0648 e. The first kappa shape index (κ1) is 5.90. The Morgan fingerprint density at radius 2 is 2.56 bits per heavy atom. The molecule has 1 aromatic heterocycles. The van der Waals surface area contributed by atoms with Crippen LogP contribution in [0.5, 0.6) is 0 Å². The van der Waals surface area contributed by atoms with Crippen LogP contribution in [0.4, 0.5) is 0 Å². The van der Waals surface area contributed by atoms with Crippen LogP contribution < -0.4 is 0 Å². The van der Waals surface area contributed by atoms with Crippen molar-refractivity contribution >= 4 is 0 Å². The molecule has 2 heteroatoms. The minimum absolute atomic E-state index is 0.561. The summed E-state index contributed by atoms with van der Waals surface area (Å²) in [5.74, 6) is 0. The van der Waals surface area contributed by atoms with Crippen molar-refractivity contribution in [2.45, 2.75) is 13.0 Å². The van der Waals surface area contributed by atoms with E-state index in [2.05, 4.69) is 12.3 Å². The minimum atomic E-state index is 0.561. The van der Waals surface area contributed by atoms with E-state index in [0.717, 1.165) is 6.54 Å². The molecule has 0 saturated carbocycles. The van der Waals surface area contributed by atoms with Gasteiger partial charge in [-0.1, -0.05) is 0 Å². The molecule has 0 amide bonds. The van der Waals surface area contributed by atoms with E-state index in [0.29, 0.717) is 6.42 Å². The van der Waals surface area contributed by atoms with E-state index in [1.54, 1.807) is 0 Å². The van der Waals surface area contributed by atoms with E-state index >= 15 is 0 Å². The molecule has 0 N–H and O–H groups in total. The summed E-state index contributed by atoms with van der Waals surface area (Å²) in [5, 5.41) is 8.19. The summed E-state index contributed by atoms with van der Waals surface area (Å²) in [6.45, 7) is 0.753. The fourth-order valence-electron chi connectivity index (χ4n) is 0.638. The predicted octanol–water partition coefficient (Wildman–Crippen LogP) is 1.20. The molecule has 0 unspecified atom stereocenters. The van der Waals surface area contributed by atoms with Crippen LogP contribution in [0.15, 0.2) is 18.3 Å². The van der Waals surface area contributed by atoms with Gasteiger partial charge in [-0.15, -0.1) is 0 Å². The molecule has 0 aliphatic heterocycles. The first-order valence-electron chi connectivity index (χ1n) is 2.83. The number of aromatic nitrogens is 1. The SMILES string of the molecule is N#CCCn1[c]ccc1. The Bertz CT molecular complexity index is 193. The van der Waals surface area contributed by atoms with Crippen LogP contribution in [0, 0.1) is 17.5 Å². The molecule has 1 heterocycles. The first-order chi connectivity index (χ1) is 4.43. The molecule has 0 atom stereocenters. The van der Waals surface area contributed by atoms with Crippen LogP contribution in [0.2, 0.25) is 0 Å². The zero-order valence-corrected chi connectivity index (χ0v) is 5.04. The van der Waals surface area contributed by atoms with Gasteiger partial charge >= 0.3 is 0 Å². The van der Waals surface area contributed by atoms with Gasteiger partial charge < -0.3 is 4.57 Å². The van der Waals surface area contributed by atoms with Gasteiger partial charge in [0.2, 0.25) is 0 Å². The molecule has 0 aliphatic carbocycles. The van der Waals surface area contributed by atoms with Gasteiger partial charge in [-0.25, -0.2) is 0 Å². The fraction of sp³-hybridized carbons (Fsp3) is 0.286. The molecule has 0 spiro atoms. The predicted molar refractivity (Wildman–Crippen MR) is 33.5 cm³/mol. The van der Waals surface area contributed by atoms with Crippen molar-refractivity contribution in [1.29, 1.82) is 5.26 Å². The van der Waals surface area contributed by atoms with Gasteiger partial charge in [0.15, 0.2) is 0 Å². The van der Waals surface area contributed by atoms with Crippen LogP contribution in [0.1, 0.15) is 6.42 Å². The second-order valence-electron chi connectivity index (χ2n) is 1.74. The average Bonchev–Trinajstić information content (AvgIpc) is 2.34. The van der Waals surface area contributed by atoms with E-state index < -0.39 is 0 Å². The van der Waals surface area contributed by atoms with Crippen LogP contribution in [-0.2, 0) is 6.54 Å². The molecule has 2 nitrogen and oxygen atoms in total. The molecule has 1 radical (unpaired) electrons. The molecular formula is C7H7N2. The zero-order valence-electron chi connectivity index (χ0n) is 5.04. The lowest BCUT2D eigenvalue weighted by molar-refractivity contribution is 0.716. The third-order valence-corrected chi connectivity index (χ3v) is 1.07. The number of nitriles is 1. The Morgan fingerprint density at radius 3 is 3.11 bits per heavy atom. The molecule has 45 valence electrons. The molecule has 9 heavy (non-hydrogen) atoms.